The van der Waals surface area contributed by atoms with Gasteiger partial charge in [0.2, 0.25) is 5.91 Å². The molecule has 2 rings (SSSR count). The normalized spacial score (nSPS) is 25.2. The van der Waals surface area contributed by atoms with E-state index in [1.165, 1.54) is 45.2 Å². The van der Waals surface area contributed by atoms with Gasteiger partial charge >= 0.3 is 0 Å². The largest absolute Gasteiger partial charge is 0.368 e. The summed E-state index contributed by atoms with van der Waals surface area (Å²) in [6, 6.07) is 0.517. The molecule has 0 radical (unpaired) electrons. The molecule has 1 heterocycles. The number of hydrogen-bond donors (Lipinski definition) is 2. The molecule has 110 valence electrons. The zero-order valence-electron chi connectivity index (χ0n) is 12.5. The van der Waals surface area contributed by atoms with Crippen molar-refractivity contribution in [1.82, 2.24) is 10.2 Å². The first-order valence-corrected chi connectivity index (χ1v) is 7.83. The number of rotatable bonds is 7. The van der Waals surface area contributed by atoms with Crippen LogP contribution >= 0.6 is 0 Å². The van der Waals surface area contributed by atoms with Crippen molar-refractivity contribution in [2.24, 2.45) is 11.7 Å². The van der Waals surface area contributed by atoms with Crippen molar-refractivity contribution in [2.45, 2.75) is 64.0 Å². The van der Waals surface area contributed by atoms with Gasteiger partial charge in [0.05, 0.1) is 5.54 Å². The minimum Gasteiger partial charge on any atom is -0.368 e. The standard InChI is InChI=1S/C15H29N3O/c1-3-12-6-9-18(10-7-12)11-8-15(2,14(16)19)17-13-4-5-13/h12-13,17H,3-11H2,1-2H3,(H2,16,19). The highest BCUT2D eigenvalue weighted by molar-refractivity contribution is 5.84. The van der Waals surface area contributed by atoms with Crippen molar-refractivity contribution < 1.29 is 4.79 Å². The molecule has 0 aromatic rings. The van der Waals surface area contributed by atoms with Crippen molar-refractivity contribution in [1.29, 1.82) is 0 Å². The van der Waals surface area contributed by atoms with Gasteiger partial charge in [-0.25, -0.2) is 0 Å². The molecule has 0 aromatic heterocycles. The number of hydrogen-bond acceptors (Lipinski definition) is 3. The number of nitrogens with one attached hydrogen (secondary N) is 1. The van der Waals surface area contributed by atoms with E-state index in [0.717, 1.165) is 18.9 Å². The number of piperidine rings is 1. The maximum absolute atomic E-state index is 11.7. The van der Waals surface area contributed by atoms with E-state index in [0.29, 0.717) is 6.04 Å². The van der Waals surface area contributed by atoms with Crippen LogP contribution in [-0.2, 0) is 4.79 Å². The van der Waals surface area contributed by atoms with E-state index in [1.54, 1.807) is 0 Å². The fraction of sp³-hybridized carbons (Fsp3) is 0.933. The quantitative estimate of drug-likeness (QED) is 0.735. The summed E-state index contributed by atoms with van der Waals surface area (Å²) in [7, 11) is 0. The lowest BCUT2D eigenvalue weighted by Gasteiger charge is -2.35. The molecule has 4 nitrogen and oxygen atoms in total. The predicted molar refractivity (Wildman–Crippen MR) is 77.8 cm³/mol. The molecule has 1 aliphatic heterocycles. The minimum absolute atomic E-state index is 0.206. The summed E-state index contributed by atoms with van der Waals surface area (Å²) in [5.74, 6) is 0.700. The van der Waals surface area contributed by atoms with E-state index >= 15 is 0 Å². The first kappa shape index (κ1) is 14.8. The molecule has 3 N–H and O–H groups in total. The molecule has 4 heteroatoms. The average Bonchev–Trinajstić information content (AvgIpc) is 3.20. The number of nitrogens with zero attached hydrogens (tertiary/aromatic N) is 1. The first-order chi connectivity index (χ1) is 9.03. The van der Waals surface area contributed by atoms with Gasteiger partial charge < -0.3 is 16.0 Å². The van der Waals surface area contributed by atoms with Gasteiger partial charge in [-0.05, 0) is 58.0 Å². The van der Waals surface area contributed by atoms with Crippen molar-refractivity contribution in [3.05, 3.63) is 0 Å². The summed E-state index contributed by atoms with van der Waals surface area (Å²) in [5, 5.41) is 3.43. The molecule has 19 heavy (non-hydrogen) atoms. The fourth-order valence-corrected chi connectivity index (χ4v) is 2.94. The SMILES string of the molecule is CCC1CCN(CCC(C)(NC2CC2)C(N)=O)CC1. The Morgan fingerprint density at radius 3 is 2.42 bits per heavy atom. The fourth-order valence-electron chi connectivity index (χ4n) is 2.94. The van der Waals surface area contributed by atoms with Gasteiger partial charge in [-0.2, -0.15) is 0 Å². The number of likely N-dealkylation sites (tertiary alicyclic amines) is 1. The average molecular weight is 267 g/mol. The lowest BCUT2D eigenvalue weighted by molar-refractivity contribution is -0.124. The maximum Gasteiger partial charge on any atom is 0.237 e. The second-order valence-corrected chi connectivity index (χ2v) is 6.56. The highest BCUT2D eigenvalue weighted by Crippen LogP contribution is 2.25. The van der Waals surface area contributed by atoms with Gasteiger partial charge in [-0.3, -0.25) is 4.79 Å². The predicted octanol–water partition coefficient (Wildman–Crippen LogP) is 1.49. The lowest BCUT2D eigenvalue weighted by Crippen LogP contribution is -2.55. The third-order valence-corrected chi connectivity index (χ3v) is 4.86. The van der Waals surface area contributed by atoms with Crippen molar-refractivity contribution in [2.75, 3.05) is 19.6 Å². The highest BCUT2D eigenvalue weighted by Gasteiger charge is 2.37. The van der Waals surface area contributed by atoms with Crippen LogP contribution in [-0.4, -0.2) is 42.0 Å². The van der Waals surface area contributed by atoms with E-state index < -0.39 is 5.54 Å². The molecule has 1 atom stereocenters. The van der Waals surface area contributed by atoms with Crippen molar-refractivity contribution in [3.8, 4) is 0 Å². The van der Waals surface area contributed by atoms with E-state index in [9.17, 15) is 4.79 Å². The summed E-state index contributed by atoms with van der Waals surface area (Å²) < 4.78 is 0. The number of primary amides is 1. The summed E-state index contributed by atoms with van der Waals surface area (Å²) in [6.07, 6.45) is 7.11. The van der Waals surface area contributed by atoms with Crippen molar-refractivity contribution in [3.63, 3.8) is 0 Å². The molecular formula is C15H29N3O. The van der Waals surface area contributed by atoms with Crippen LogP contribution in [0, 0.1) is 5.92 Å². The number of carbonyl (C=O) groups is 1. The van der Waals surface area contributed by atoms with E-state index in [-0.39, 0.29) is 5.91 Å². The summed E-state index contributed by atoms with van der Waals surface area (Å²) in [6.45, 7) is 7.58. The third-order valence-electron chi connectivity index (χ3n) is 4.86. The molecule has 2 fully saturated rings. The van der Waals surface area contributed by atoms with Crippen LogP contribution in [0.25, 0.3) is 0 Å². The van der Waals surface area contributed by atoms with Crippen LogP contribution in [0.1, 0.15) is 52.4 Å². The van der Waals surface area contributed by atoms with Gasteiger partial charge in [0.15, 0.2) is 0 Å². The molecule has 0 aromatic carbocycles. The molecule has 1 amide bonds. The topological polar surface area (TPSA) is 58.4 Å². The Kier molecular flexibility index (Phi) is 4.85. The van der Waals surface area contributed by atoms with Crippen LogP contribution in [0.5, 0.6) is 0 Å². The Labute approximate surface area is 117 Å². The molecular weight excluding hydrogens is 238 g/mol. The summed E-state index contributed by atoms with van der Waals surface area (Å²) in [5.41, 5.74) is 5.06. The number of amides is 1. The van der Waals surface area contributed by atoms with Crippen LogP contribution < -0.4 is 11.1 Å². The summed E-state index contributed by atoms with van der Waals surface area (Å²) in [4.78, 5) is 14.2. The summed E-state index contributed by atoms with van der Waals surface area (Å²) >= 11 is 0. The van der Waals surface area contributed by atoms with Crippen LogP contribution in [0.3, 0.4) is 0 Å². The van der Waals surface area contributed by atoms with Gasteiger partial charge in [0.25, 0.3) is 0 Å². The second-order valence-electron chi connectivity index (χ2n) is 6.56. The Hall–Kier alpha value is -0.610. The molecule has 1 aliphatic carbocycles. The zero-order chi connectivity index (χ0) is 13.9. The zero-order valence-corrected chi connectivity index (χ0v) is 12.5. The molecule has 1 saturated carbocycles. The Morgan fingerprint density at radius 1 is 1.32 bits per heavy atom. The lowest BCUT2D eigenvalue weighted by atomic mass is 9.92. The number of carbonyl (C=O) groups excluding carboxylic acids is 1. The molecule has 0 spiro atoms. The molecule has 1 unspecified atom stereocenters. The monoisotopic (exact) mass is 267 g/mol. The Balaban J connectivity index is 1.77. The van der Waals surface area contributed by atoms with Crippen molar-refractivity contribution >= 4 is 5.91 Å². The van der Waals surface area contributed by atoms with E-state index in [1.807, 2.05) is 6.92 Å². The first-order valence-electron chi connectivity index (χ1n) is 7.83. The van der Waals surface area contributed by atoms with Gasteiger partial charge in [-0.15, -0.1) is 0 Å². The van der Waals surface area contributed by atoms with Gasteiger partial charge in [-0.1, -0.05) is 13.3 Å². The van der Waals surface area contributed by atoms with Gasteiger partial charge in [0, 0.05) is 12.6 Å². The van der Waals surface area contributed by atoms with E-state index in [2.05, 4.69) is 17.1 Å². The third kappa shape index (κ3) is 4.18. The van der Waals surface area contributed by atoms with Crippen LogP contribution in [0.4, 0.5) is 0 Å². The smallest absolute Gasteiger partial charge is 0.237 e. The molecule has 2 aliphatic rings. The van der Waals surface area contributed by atoms with E-state index in [4.69, 9.17) is 5.73 Å². The molecule has 0 bridgehead atoms. The highest BCUT2D eigenvalue weighted by atomic mass is 16.1. The van der Waals surface area contributed by atoms with Crippen LogP contribution in [0.2, 0.25) is 0 Å². The molecule has 1 saturated heterocycles. The number of nitrogens with two attached hydrogens (primary N) is 1. The second kappa shape index (κ2) is 6.23. The maximum atomic E-state index is 11.7. The Bertz CT molecular complexity index is 309. The van der Waals surface area contributed by atoms with Crippen LogP contribution in [0.15, 0.2) is 0 Å². The minimum atomic E-state index is -0.525. The Morgan fingerprint density at radius 2 is 1.95 bits per heavy atom. The van der Waals surface area contributed by atoms with Gasteiger partial charge in [0.1, 0.15) is 0 Å².